The SMILES string of the molecule is CCCCC1=[C-]CC=C1C.CP(C)c1cc2ccccc2[cH-]1.[Cl-].[Cl-].[Zr+4]. The molecule has 25 heavy (non-hydrogen) atoms. The Labute approximate surface area is 186 Å². The second kappa shape index (κ2) is 14.3. The van der Waals surface area contributed by atoms with Crippen LogP contribution in [0.5, 0.6) is 0 Å². The topological polar surface area (TPSA) is 0 Å². The summed E-state index contributed by atoms with van der Waals surface area (Å²) in [5.74, 6) is 0. The van der Waals surface area contributed by atoms with Crippen molar-refractivity contribution in [1.29, 1.82) is 0 Å². The second-order valence-corrected chi connectivity index (χ2v) is 8.39. The molecule has 0 heterocycles. The number of hydrogen-bond acceptors (Lipinski definition) is 0. The van der Waals surface area contributed by atoms with Gasteiger partial charge in [-0.3, -0.25) is 6.08 Å². The molecule has 1 aliphatic rings. The Hall–Kier alpha value is 0.203. The van der Waals surface area contributed by atoms with Gasteiger partial charge in [-0.05, 0) is 13.3 Å². The predicted molar refractivity (Wildman–Crippen MR) is 103 cm³/mol. The Morgan fingerprint density at radius 3 is 2.36 bits per heavy atom. The molecule has 0 fully saturated rings. The molecule has 0 amide bonds. The summed E-state index contributed by atoms with van der Waals surface area (Å²) in [5.41, 5.74) is 2.91. The van der Waals surface area contributed by atoms with Crippen LogP contribution in [0.25, 0.3) is 10.8 Å². The van der Waals surface area contributed by atoms with Gasteiger partial charge in [-0.15, -0.1) is 61.6 Å². The first kappa shape index (κ1) is 27.4. The molecule has 0 aliphatic heterocycles. The predicted octanol–water partition coefficient (Wildman–Crippen LogP) is 0.187. The molecule has 0 saturated heterocycles. The van der Waals surface area contributed by atoms with Gasteiger partial charge < -0.3 is 24.8 Å². The fraction of sp³-hybridized carbons (Fsp3) is 0.381. The number of fused-ring (bicyclic) bond motifs is 1. The molecule has 0 nitrogen and oxygen atoms in total. The van der Waals surface area contributed by atoms with Crippen LogP contribution in [0.4, 0.5) is 0 Å². The fourth-order valence-corrected chi connectivity index (χ4v) is 3.42. The standard InChI is InChI=1S/C11H12P.C10H15.2ClH.Zr/c1-12(2)11-7-9-5-3-4-6-10(9)8-11;1-3-4-7-10-8-5-6-9(10)2;;;/h3-8H,1-2H3;6H,3-5,7H2,1-2H3;2*1H;/q2*-1;;;+4/p-2. The van der Waals surface area contributed by atoms with Gasteiger partial charge in [0.1, 0.15) is 0 Å². The van der Waals surface area contributed by atoms with E-state index in [1.54, 1.807) is 0 Å². The maximum atomic E-state index is 3.37. The smallest absolute Gasteiger partial charge is 1.00 e. The summed E-state index contributed by atoms with van der Waals surface area (Å²) in [6.45, 7) is 9.01. The van der Waals surface area contributed by atoms with E-state index in [0.717, 1.165) is 6.42 Å². The zero-order valence-electron chi connectivity index (χ0n) is 15.6. The van der Waals surface area contributed by atoms with Crippen LogP contribution in [0.15, 0.2) is 53.6 Å². The van der Waals surface area contributed by atoms with Crippen molar-refractivity contribution in [1.82, 2.24) is 0 Å². The molecule has 0 bridgehead atoms. The van der Waals surface area contributed by atoms with Crippen molar-refractivity contribution in [2.75, 3.05) is 13.3 Å². The number of benzene rings is 1. The molecule has 1 aliphatic carbocycles. The Morgan fingerprint density at radius 1 is 1.16 bits per heavy atom. The van der Waals surface area contributed by atoms with Crippen molar-refractivity contribution in [2.24, 2.45) is 0 Å². The molecule has 0 aromatic heterocycles. The molecule has 0 saturated carbocycles. The summed E-state index contributed by atoms with van der Waals surface area (Å²) in [7, 11) is 0.0576. The van der Waals surface area contributed by atoms with E-state index in [1.807, 2.05) is 0 Å². The normalized spacial score (nSPS) is 12.2. The van der Waals surface area contributed by atoms with Gasteiger partial charge >= 0.3 is 26.2 Å². The van der Waals surface area contributed by atoms with E-state index in [1.165, 1.54) is 46.5 Å². The third kappa shape index (κ3) is 8.62. The quantitative estimate of drug-likeness (QED) is 0.440. The van der Waals surface area contributed by atoms with Gasteiger partial charge in [-0.1, -0.05) is 32.3 Å². The Balaban J connectivity index is 0. The first-order valence-electron chi connectivity index (χ1n) is 8.21. The molecule has 2 aromatic carbocycles. The molecular formula is C21H27Cl2PZr. The van der Waals surface area contributed by atoms with Crippen LogP contribution in [-0.2, 0) is 26.2 Å². The Kier molecular flexibility index (Phi) is 15.7. The van der Waals surface area contributed by atoms with E-state index in [-0.39, 0.29) is 58.9 Å². The van der Waals surface area contributed by atoms with Crippen molar-refractivity contribution in [3.8, 4) is 0 Å². The van der Waals surface area contributed by atoms with Gasteiger partial charge in [0.05, 0.1) is 0 Å². The van der Waals surface area contributed by atoms with Gasteiger partial charge in [0.15, 0.2) is 0 Å². The van der Waals surface area contributed by atoms with Crippen molar-refractivity contribution in [3.05, 3.63) is 59.7 Å². The average molecular weight is 473 g/mol. The summed E-state index contributed by atoms with van der Waals surface area (Å²) in [6, 6.07) is 13.2. The maximum absolute atomic E-state index is 3.37. The number of unbranched alkanes of at least 4 members (excludes halogenated alkanes) is 1. The molecule has 2 aromatic rings. The van der Waals surface area contributed by atoms with E-state index in [9.17, 15) is 0 Å². The molecule has 3 rings (SSSR count). The summed E-state index contributed by atoms with van der Waals surface area (Å²) in [4.78, 5) is 0. The van der Waals surface area contributed by atoms with Crippen molar-refractivity contribution < 1.29 is 51.0 Å². The van der Waals surface area contributed by atoms with Crippen LogP contribution >= 0.6 is 7.92 Å². The Bertz CT molecular complexity index is 638. The van der Waals surface area contributed by atoms with E-state index in [2.05, 4.69) is 75.7 Å². The number of halogens is 2. The van der Waals surface area contributed by atoms with Gasteiger partial charge in [0, 0.05) is 0 Å². The molecule has 4 heteroatoms. The van der Waals surface area contributed by atoms with E-state index in [0.29, 0.717) is 0 Å². The van der Waals surface area contributed by atoms with Crippen LogP contribution in [0.2, 0.25) is 0 Å². The third-order valence-corrected chi connectivity index (χ3v) is 5.39. The van der Waals surface area contributed by atoms with E-state index in [4.69, 9.17) is 0 Å². The van der Waals surface area contributed by atoms with Gasteiger partial charge in [-0.2, -0.15) is 12.1 Å². The molecule has 0 spiro atoms. The van der Waals surface area contributed by atoms with Gasteiger partial charge in [0.2, 0.25) is 0 Å². The summed E-state index contributed by atoms with van der Waals surface area (Å²) in [5, 5.41) is 4.26. The molecular weight excluding hydrogens is 445 g/mol. The molecule has 0 radical (unpaired) electrons. The van der Waals surface area contributed by atoms with Crippen molar-refractivity contribution in [2.45, 2.75) is 39.5 Å². The van der Waals surface area contributed by atoms with Gasteiger partial charge in [0.25, 0.3) is 0 Å². The van der Waals surface area contributed by atoms with Crippen LogP contribution in [0.3, 0.4) is 0 Å². The molecule has 0 unspecified atom stereocenters. The number of hydrogen-bond donors (Lipinski definition) is 0. The summed E-state index contributed by atoms with van der Waals surface area (Å²) >= 11 is 0. The van der Waals surface area contributed by atoms with E-state index >= 15 is 0 Å². The fourth-order valence-electron chi connectivity index (χ4n) is 2.62. The van der Waals surface area contributed by atoms with Crippen LogP contribution in [-0.4, -0.2) is 13.3 Å². The minimum absolute atomic E-state index is 0. The van der Waals surface area contributed by atoms with Crippen LogP contribution < -0.4 is 30.1 Å². The zero-order chi connectivity index (χ0) is 15.9. The molecule has 134 valence electrons. The average Bonchev–Trinajstić information content (AvgIpc) is 3.11. The number of allylic oxidation sites excluding steroid dienone is 4. The second-order valence-electron chi connectivity index (χ2n) is 6.09. The third-order valence-electron chi connectivity index (χ3n) is 4.10. The van der Waals surface area contributed by atoms with E-state index < -0.39 is 0 Å². The largest absolute Gasteiger partial charge is 4.00 e. The van der Waals surface area contributed by atoms with Crippen molar-refractivity contribution >= 4 is 24.0 Å². The summed E-state index contributed by atoms with van der Waals surface area (Å²) in [6.07, 6.45) is 10.5. The first-order chi connectivity index (χ1) is 10.6. The zero-order valence-corrected chi connectivity index (χ0v) is 20.4. The van der Waals surface area contributed by atoms with Gasteiger partial charge in [-0.25, -0.2) is 11.1 Å². The first-order valence-corrected chi connectivity index (χ1v) is 10.4. The molecule has 0 N–H and O–H groups in total. The van der Waals surface area contributed by atoms with Crippen LogP contribution in [0.1, 0.15) is 39.5 Å². The maximum Gasteiger partial charge on any atom is 4.00 e. The monoisotopic (exact) mass is 470 g/mol. The molecule has 0 atom stereocenters. The minimum Gasteiger partial charge on any atom is -1.00 e. The summed E-state index contributed by atoms with van der Waals surface area (Å²) < 4.78 is 0. The van der Waals surface area contributed by atoms with Crippen LogP contribution in [0, 0.1) is 6.08 Å². The minimum atomic E-state index is 0. The van der Waals surface area contributed by atoms with Crippen molar-refractivity contribution in [3.63, 3.8) is 0 Å². The number of rotatable bonds is 4. The Morgan fingerprint density at radius 2 is 1.84 bits per heavy atom.